The number of aryl methyl sites for hydroxylation is 1. The summed E-state index contributed by atoms with van der Waals surface area (Å²) < 4.78 is 4.47. The van der Waals surface area contributed by atoms with Crippen molar-refractivity contribution in [2.45, 2.75) is 9.37 Å². The molecule has 4 rings (SSSR count). The lowest BCUT2D eigenvalue weighted by Gasteiger charge is -1.98. The minimum Gasteiger partial charge on any atom is -0.249 e. The van der Waals surface area contributed by atoms with Gasteiger partial charge in [0, 0.05) is 12.1 Å². The van der Waals surface area contributed by atoms with Gasteiger partial charge in [-0.15, -0.1) is 11.3 Å². The van der Waals surface area contributed by atoms with Crippen LogP contribution in [0.4, 0.5) is 0 Å². The van der Waals surface area contributed by atoms with Crippen molar-refractivity contribution in [3.05, 3.63) is 34.2 Å². The van der Waals surface area contributed by atoms with E-state index in [9.17, 15) is 0 Å². The summed E-state index contributed by atoms with van der Waals surface area (Å²) in [5, 5.41) is 6.74. The van der Waals surface area contributed by atoms with Crippen LogP contribution < -0.4 is 0 Å². The zero-order chi connectivity index (χ0) is 15.3. The predicted octanol–water partition coefficient (Wildman–Crippen LogP) is 4.54. The van der Waals surface area contributed by atoms with E-state index >= 15 is 0 Å². The number of rotatable bonds is 2. The molecule has 0 aliphatic carbocycles. The fraction of sp³-hybridized carbons (Fsp3) is 0.0769. The Morgan fingerprint density at radius 1 is 1.32 bits per heavy atom. The van der Waals surface area contributed by atoms with Crippen molar-refractivity contribution in [1.29, 1.82) is 0 Å². The van der Waals surface area contributed by atoms with Crippen molar-refractivity contribution in [2.75, 3.05) is 0 Å². The molecule has 3 heterocycles. The Balaban J connectivity index is 1.82. The van der Waals surface area contributed by atoms with Gasteiger partial charge in [-0.2, -0.15) is 5.10 Å². The summed E-state index contributed by atoms with van der Waals surface area (Å²) in [5.74, 6) is 0. The minimum atomic E-state index is 0.689. The molecular weight excluding hydrogens is 406 g/mol. The van der Waals surface area contributed by atoms with E-state index in [-0.39, 0.29) is 0 Å². The molecule has 110 valence electrons. The Morgan fingerprint density at radius 2 is 2.18 bits per heavy atom. The first-order valence-corrected chi connectivity index (χ1v) is 8.99. The molecular formula is C13H7BrClN5S2. The molecule has 1 aromatic carbocycles. The molecule has 0 N–H and O–H groups in total. The second-order valence-electron chi connectivity index (χ2n) is 4.49. The maximum Gasteiger partial charge on any atom is 0.163 e. The molecule has 0 saturated carbocycles. The monoisotopic (exact) mass is 411 g/mol. The van der Waals surface area contributed by atoms with Crippen molar-refractivity contribution >= 4 is 71.9 Å². The van der Waals surface area contributed by atoms with Gasteiger partial charge in [0.15, 0.2) is 9.99 Å². The summed E-state index contributed by atoms with van der Waals surface area (Å²) in [4.78, 5) is 13.2. The molecule has 0 aliphatic rings. The van der Waals surface area contributed by atoms with Crippen LogP contribution in [0.15, 0.2) is 38.5 Å². The Kier molecular flexibility index (Phi) is 3.56. The molecule has 4 aromatic rings. The lowest BCUT2D eigenvalue weighted by atomic mass is 10.3. The van der Waals surface area contributed by atoms with Gasteiger partial charge < -0.3 is 0 Å². The number of hydrogen-bond donors (Lipinski definition) is 0. The predicted molar refractivity (Wildman–Crippen MR) is 92.8 cm³/mol. The SMILES string of the molecule is Cn1nc(Br)c2c(Sc3nc4cc(Cl)ccc4s3)ncnc21. The third kappa shape index (κ3) is 2.40. The van der Waals surface area contributed by atoms with E-state index in [1.807, 2.05) is 25.2 Å². The highest BCUT2D eigenvalue weighted by atomic mass is 79.9. The summed E-state index contributed by atoms with van der Waals surface area (Å²) >= 11 is 12.6. The summed E-state index contributed by atoms with van der Waals surface area (Å²) in [5.41, 5.74) is 1.68. The first-order valence-electron chi connectivity index (χ1n) is 6.19. The van der Waals surface area contributed by atoms with Crippen molar-refractivity contribution in [1.82, 2.24) is 24.7 Å². The fourth-order valence-electron chi connectivity index (χ4n) is 2.10. The van der Waals surface area contributed by atoms with E-state index in [1.165, 1.54) is 11.8 Å². The van der Waals surface area contributed by atoms with Crippen LogP contribution in [0, 0.1) is 0 Å². The summed E-state index contributed by atoms with van der Waals surface area (Å²) in [6.45, 7) is 0. The van der Waals surface area contributed by atoms with Crippen molar-refractivity contribution in [3.8, 4) is 0 Å². The average Bonchev–Trinajstić information content (AvgIpc) is 3.00. The van der Waals surface area contributed by atoms with E-state index in [0.717, 1.165) is 35.2 Å². The quantitative estimate of drug-likeness (QED) is 0.452. The first-order chi connectivity index (χ1) is 10.6. The number of hydrogen-bond acceptors (Lipinski definition) is 6. The Morgan fingerprint density at radius 3 is 3.05 bits per heavy atom. The lowest BCUT2D eigenvalue weighted by Crippen LogP contribution is -1.92. The van der Waals surface area contributed by atoms with Gasteiger partial charge in [-0.1, -0.05) is 11.6 Å². The molecule has 9 heteroatoms. The van der Waals surface area contributed by atoms with E-state index < -0.39 is 0 Å². The average molecular weight is 413 g/mol. The zero-order valence-corrected chi connectivity index (χ0v) is 15.1. The smallest absolute Gasteiger partial charge is 0.163 e. The van der Waals surface area contributed by atoms with E-state index in [0.29, 0.717) is 5.02 Å². The van der Waals surface area contributed by atoms with Gasteiger partial charge in [0.2, 0.25) is 0 Å². The Bertz CT molecular complexity index is 1010. The summed E-state index contributed by atoms with van der Waals surface area (Å²) in [6.07, 6.45) is 1.54. The van der Waals surface area contributed by atoms with Gasteiger partial charge in [-0.25, -0.2) is 19.6 Å². The molecule has 0 aliphatic heterocycles. The van der Waals surface area contributed by atoms with Crippen LogP contribution in [-0.4, -0.2) is 24.7 Å². The minimum absolute atomic E-state index is 0.689. The highest BCUT2D eigenvalue weighted by Crippen LogP contribution is 2.38. The van der Waals surface area contributed by atoms with Crippen molar-refractivity contribution in [2.24, 2.45) is 7.05 Å². The highest BCUT2D eigenvalue weighted by molar-refractivity contribution is 9.10. The molecule has 0 fully saturated rings. The molecule has 0 saturated heterocycles. The molecule has 0 radical (unpaired) electrons. The van der Waals surface area contributed by atoms with Crippen LogP contribution in [0.2, 0.25) is 5.02 Å². The van der Waals surface area contributed by atoms with E-state index in [4.69, 9.17) is 11.6 Å². The zero-order valence-electron chi connectivity index (χ0n) is 11.1. The van der Waals surface area contributed by atoms with Gasteiger partial charge >= 0.3 is 0 Å². The lowest BCUT2D eigenvalue weighted by molar-refractivity contribution is 0.777. The van der Waals surface area contributed by atoms with Crippen LogP contribution in [0.3, 0.4) is 0 Å². The number of nitrogens with zero attached hydrogens (tertiary/aromatic N) is 5. The van der Waals surface area contributed by atoms with Gasteiger partial charge in [0.25, 0.3) is 0 Å². The number of benzene rings is 1. The third-order valence-corrected chi connectivity index (χ3v) is 5.95. The molecule has 0 amide bonds. The molecule has 0 bridgehead atoms. The van der Waals surface area contributed by atoms with Gasteiger partial charge in [0.1, 0.15) is 16.0 Å². The van der Waals surface area contributed by atoms with Crippen molar-refractivity contribution in [3.63, 3.8) is 0 Å². The maximum atomic E-state index is 6.01. The Labute approximate surface area is 146 Å². The second-order valence-corrected chi connectivity index (χ2v) is 7.94. The summed E-state index contributed by atoms with van der Waals surface area (Å²) in [7, 11) is 1.86. The van der Waals surface area contributed by atoms with Gasteiger partial charge in [0.05, 0.1) is 15.6 Å². The first kappa shape index (κ1) is 14.4. The third-order valence-electron chi connectivity index (χ3n) is 3.06. The van der Waals surface area contributed by atoms with Gasteiger partial charge in [-0.05, 0) is 45.9 Å². The number of halogens is 2. The van der Waals surface area contributed by atoms with Gasteiger partial charge in [-0.3, -0.25) is 0 Å². The molecule has 0 spiro atoms. The molecule has 3 aromatic heterocycles. The largest absolute Gasteiger partial charge is 0.249 e. The molecule has 22 heavy (non-hydrogen) atoms. The van der Waals surface area contributed by atoms with Crippen LogP contribution in [0.25, 0.3) is 21.3 Å². The standard InChI is InChI=1S/C13H7BrClN5S2/c1-20-11-9(10(14)19-20)12(17-5-16-11)22-13-18-7-4-6(15)2-3-8(7)21-13/h2-5H,1H3. The fourth-order valence-corrected chi connectivity index (χ4v) is 5.05. The Hall–Kier alpha value is -1.22. The summed E-state index contributed by atoms with van der Waals surface area (Å²) in [6, 6.07) is 5.72. The molecule has 5 nitrogen and oxygen atoms in total. The highest BCUT2D eigenvalue weighted by Gasteiger charge is 2.16. The molecule has 0 atom stereocenters. The second kappa shape index (κ2) is 5.45. The van der Waals surface area contributed by atoms with Crippen LogP contribution in [0.5, 0.6) is 0 Å². The van der Waals surface area contributed by atoms with Crippen LogP contribution >= 0.6 is 50.6 Å². The van der Waals surface area contributed by atoms with E-state index in [2.05, 4.69) is 36.0 Å². The maximum absolute atomic E-state index is 6.01. The number of thiazole rings is 1. The van der Waals surface area contributed by atoms with Crippen molar-refractivity contribution < 1.29 is 0 Å². The van der Waals surface area contributed by atoms with E-state index in [1.54, 1.807) is 22.3 Å². The topological polar surface area (TPSA) is 56.5 Å². The number of fused-ring (bicyclic) bond motifs is 2. The van der Waals surface area contributed by atoms with Crippen LogP contribution in [0.1, 0.15) is 0 Å². The number of aromatic nitrogens is 5. The normalized spacial score (nSPS) is 11.6. The molecule has 0 unspecified atom stereocenters. The van der Waals surface area contributed by atoms with Crippen LogP contribution in [-0.2, 0) is 7.05 Å².